The number of Topliss-reactive ketones (excluding diaryl/α,β-unsaturated/α-hetero) is 1. The highest BCUT2D eigenvalue weighted by molar-refractivity contribution is 5.91. The summed E-state index contributed by atoms with van der Waals surface area (Å²) in [6.45, 7) is 3.93. The molecule has 0 saturated heterocycles. The Kier molecular flexibility index (Phi) is 3.79. The summed E-state index contributed by atoms with van der Waals surface area (Å²) in [4.78, 5) is 24.8. The van der Waals surface area contributed by atoms with E-state index in [1.807, 2.05) is 6.92 Å². The van der Waals surface area contributed by atoms with Crippen molar-refractivity contribution in [3.8, 4) is 0 Å². The van der Waals surface area contributed by atoms with Gasteiger partial charge in [0.2, 0.25) is 0 Å². The SMILES string of the molecule is CCOC(=O)C12CCCCC1(C(C)=O)CCCC2. The summed E-state index contributed by atoms with van der Waals surface area (Å²) >= 11 is 0. The molecule has 3 nitrogen and oxygen atoms in total. The second-order valence-electron chi connectivity index (χ2n) is 5.86. The van der Waals surface area contributed by atoms with Gasteiger partial charge in [0.15, 0.2) is 0 Å². The summed E-state index contributed by atoms with van der Waals surface area (Å²) in [6.07, 6.45) is 7.67. The molecule has 2 aliphatic rings. The van der Waals surface area contributed by atoms with Crippen LogP contribution < -0.4 is 0 Å². The number of carbonyl (C=O) groups excluding carboxylic acids is 2. The van der Waals surface area contributed by atoms with Crippen LogP contribution in [0.25, 0.3) is 0 Å². The Morgan fingerprint density at radius 2 is 1.39 bits per heavy atom. The number of rotatable bonds is 3. The largest absolute Gasteiger partial charge is 0.466 e. The van der Waals surface area contributed by atoms with E-state index in [-0.39, 0.29) is 11.8 Å². The maximum atomic E-state index is 12.5. The molecule has 3 heteroatoms. The van der Waals surface area contributed by atoms with E-state index in [1.165, 1.54) is 0 Å². The molecule has 0 radical (unpaired) electrons. The molecule has 102 valence electrons. The van der Waals surface area contributed by atoms with Gasteiger partial charge in [-0.15, -0.1) is 0 Å². The first-order valence-electron chi connectivity index (χ1n) is 7.27. The molecule has 2 fully saturated rings. The normalized spacial score (nSPS) is 35.7. The molecule has 0 bridgehead atoms. The predicted octanol–water partition coefficient (Wildman–Crippen LogP) is 3.26. The Bertz CT molecular complexity index is 334. The molecule has 0 heterocycles. The molecule has 2 rings (SSSR count). The van der Waals surface area contributed by atoms with E-state index < -0.39 is 10.8 Å². The third kappa shape index (κ3) is 1.79. The number of hydrogen-bond acceptors (Lipinski definition) is 3. The van der Waals surface area contributed by atoms with Crippen molar-refractivity contribution in [3.63, 3.8) is 0 Å². The van der Waals surface area contributed by atoms with E-state index in [9.17, 15) is 9.59 Å². The lowest BCUT2D eigenvalue weighted by atomic mass is 9.48. The first-order chi connectivity index (χ1) is 8.59. The zero-order valence-corrected chi connectivity index (χ0v) is 11.6. The Hall–Kier alpha value is -0.860. The highest BCUT2D eigenvalue weighted by atomic mass is 16.5. The van der Waals surface area contributed by atoms with Crippen LogP contribution in [0.2, 0.25) is 0 Å². The molecule has 0 N–H and O–H groups in total. The highest BCUT2D eigenvalue weighted by Crippen LogP contribution is 2.60. The average Bonchev–Trinajstić information content (AvgIpc) is 2.38. The number of ether oxygens (including phenoxy) is 1. The van der Waals surface area contributed by atoms with Gasteiger partial charge < -0.3 is 4.74 Å². The molecule has 0 aromatic rings. The molecule has 0 aromatic carbocycles. The van der Waals surface area contributed by atoms with Gasteiger partial charge in [0, 0.05) is 5.41 Å². The van der Waals surface area contributed by atoms with Crippen LogP contribution in [0.4, 0.5) is 0 Å². The summed E-state index contributed by atoms with van der Waals surface area (Å²) < 4.78 is 5.33. The van der Waals surface area contributed by atoms with Crippen molar-refractivity contribution < 1.29 is 14.3 Å². The number of fused-ring (bicyclic) bond motifs is 1. The lowest BCUT2D eigenvalue weighted by Crippen LogP contribution is -2.56. The first kappa shape index (κ1) is 13.6. The lowest BCUT2D eigenvalue weighted by molar-refractivity contribution is -0.179. The van der Waals surface area contributed by atoms with Crippen molar-refractivity contribution in [1.82, 2.24) is 0 Å². The number of carbonyl (C=O) groups is 2. The van der Waals surface area contributed by atoms with Crippen molar-refractivity contribution in [2.24, 2.45) is 10.8 Å². The Morgan fingerprint density at radius 3 is 1.78 bits per heavy atom. The summed E-state index contributed by atoms with van der Waals surface area (Å²) in [5.41, 5.74) is -0.929. The van der Waals surface area contributed by atoms with Crippen molar-refractivity contribution in [3.05, 3.63) is 0 Å². The molecule has 0 unspecified atom stereocenters. The van der Waals surface area contributed by atoms with Gasteiger partial charge in [-0.1, -0.05) is 25.7 Å². The van der Waals surface area contributed by atoms with E-state index in [2.05, 4.69) is 0 Å². The van der Waals surface area contributed by atoms with Crippen molar-refractivity contribution in [2.45, 2.75) is 65.2 Å². The third-order valence-electron chi connectivity index (χ3n) is 5.17. The van der Waals surface area contributed by atoms with E-state index in [4.69, 9.17) is 4.74 Å². The maximum absolute atomic E-state index is 12.5. The Morgan fingerprint density at radius 1 is 0.944 bits per heavy atom. The number of ketones is 1. The van der Waals surface area contributed by atoms with Crippen LogP contribution in [0.3, 0.4) is 0 Å². The molecule has 0 atom stereocenters. The molecule has 0 spiro atoms. The van der Waals surface area contributed by atoms with Crippen LogP contribution in [0.5, 0.6) is 0 Å². The van der Waals surface area contributed by atoms with Crippen molar-refractivity contribution in [2.75, 3.05) is 6.61 Å². The molecule has 18 heavy (non-hydrogen) atoms. The maximum Gasteiger partial charge on any atom is 0.313 e. The van der Waals surface area contributed by atoms with Gasteiger partial charge in [-0.3, -0.25) is 9.59 Å². The molecule has 0 amide bonds. The topological polar surface area (TPSA) is 43.4 Å². The van der Waals surface area contributed by atoms with Crippen LogP contribution >= 0.6 is 0 Å². The van der Waals surface area contributed by atoms with Gasteiger partial charge in [0.05, 0.1) is 12.0 Å². The summed E-state index contributed by atoms with van der Waals surface area (Å²) in [6, 6.07) is 0. The van der Waals surface area contributed by atoms with E-state index >= 15 is 0 Å². The predicted molar refractivity (Wildman–Crippen MR) is 69.1 cm³/mol. The van der Waals surface area contributed by atoms with E-state index in [0.29, 0.717) is 6.61 Å². The minimum atomic E-state index is -0.509. The van der Waals surface area contributed by atoms with Crippen LogP contribution in [0, 0.1) is 10.8 Å². The summed E-state index contributed by atoms with van der Waals surface area (Å²) in [7, 11) is 0. The highest BCUT2D eigenvalue weighted by Gasteiger charge is 2.61. The van der Waals surface area contributed by atoms with Gasteiger partial charge in [-0.05, 0) is 39.5 Å². The van der Waals surface area contributed by atoms with Crippen molar-refractivity contribution >= 4 is 11.8 Å². The fourth-order valence-corrected chi connectivity index (χ4v) is 4.27. The molecule has 2 aliphatic carbocycles. The monoisotopic (exact) mass is 252 g/mol. The third-order valence-corrected chi connectivity index (χ3v) is 5.17. The van der Waals surface area contributed by atoms with Gasteiger partial charge in [-0.2, -0.15) is 0 Å². The van der Waals surface area contributed by atoms with Crippen LogP contribution in [0.15, 0.2) is 0 Å². The summed E-state index contributed by atoms with van der Waals surface area (Å²) in [5.74, 6) is 0.0922. The minimum absolute atomic E-state index is 0.111. The zero-order valence-electron chi connectivity index (χ0n) is 11.6. The second kappa shape index (κ2) is 5.02. The zero-order chi connectivity index (χ0) is 13.2. The van der Waals surface area contributed by atoms with Crippen molar-refractivity contribution in [1.29, 1.82) is 0 Å². The molecular weight excluding hydrogens is 228 g/mol. The van der Waals surface area contributed by atoms with Gasteiger partial charge in [0.25, 0.3) is 0 Å². The van der Waals surface area contributed by atoms with E-state index in [0.717, 1.165) is 51.4 Å². The van der Waals surface area contributed by atoms with Gasteiger partial charge >= 0.3 is 5.97 Å². The molecule has 0 aliphatic heterocycles. The van der Waals surface area contributed by atoms with Crippen LogP contribution in [-0.2, 0) is 14.3 Å². The quantitative estimate of drug-likeness (QED) is 0.724. The van der Waals surface area contributed by atoms with E-state index in [1.54, 1.807) is 6.92 Å². The second-order valence-corrected chi connectivity index (χ2v) is 5.86. The fraction of sp³-hybridized carbons (Fsp3) is 0.867. The minimum Gasteiger partial charge on any atom is -0.466 e. The average molecular weight is 252 g/mol. The standard InChI is InChI=1S/C15H24O3/c1-3-18-13(17)15-10-6-4-8-14(15,12(2)16)9-5-7-11-15/h3-11H2,1-2H3. The lowest BCUT2D eigenvalue weighted by Gasteiger charge is -2.53. The molecule has 2 saturated carbocycles. The Labute approximate surface area is 109 Å². The Balaban J connectivity index is 2.41. The van der Waals surface area contributed by atoms with Gasteiger partial charge in [0.1, 0.15) is 5.78 Å². The molecular formula is C15H24O3. The fourth-order valence-electron chi connectivity index (χ4n) is 4.27. The molecule has 0 aromatic heterocycles. The number of hydrogen-bond donors (Lipinski definition) is 0. The summed E-state index contributed by atoms with van der Waals surface area (Å²) in [5, 5.41) is 0. The van der Waals surface area contributed by atoms with Gasteiger partial charge in [-0.25, -0.2) is 0 Å². The van der Waals surface area contributed by atoms with Crippen LogP contribution in [-0.4, -0.2) is 18.4 Å². The smallest absolute Gasteiger partial charge is 0.313 e. The number of esters is 1. The van der Waals surface area contributed by atoms with Crippen LogP contribution in [0.1, 0.15) is 65.2 Å². The first-order valence-corrected chi connectivity index (χ1v) is 7.27.